The van der Waals surface area contributed by atoms with Crippen LogP contribution in [0.25, 0.3) is 0 Å². The van der Waals surface area contributed by atoms with Crippen molar-refractivity contribution in [3.63, 3.8) is 0 Å². The van der Waals surface area contributed by atoms with Crippen LogP contribution in [0.1, 0.15) is 0 Å². The van der Waals surface area contributed by atoms with E-state index in [0.29, 0.717) is 5.95 Å². The average Bonchev–Trinajstić information content (AvgIpc) is 1.91. The van der Waals surface area contributed by atoms with E-state index in [9.17, 15) is 0 Å². The van der Waals surface area contributed by atoms with Crippen molar-refractivity contribution in [3.8, 4) is 0 Å². The zero-order valence-electron chi connectivity index (χ0n) is 3.70. The van der Waals surface area contributed by atoms with Gasteiger partial charge in [0.25, 0.3) is 0 Å². The molecule has 4 heteroatoms. The lowest BCUT2D eigenvalue weighted by atomic mass is 10.4. The topological polar surface area (TPSA) is 43.8 Å². The average molecular weight is 92.9 g/mol. The van der Waals surface area contributed by atoms with Crippen LogP contribution in [0, 0.1) is 0 Å². The van der Waals surface area contributed by atoms with Gasteiger partial charge in [-0.3, -0.25) is 0 Å². The Labute approximate surface area is 42.6 Å². The molecule has 1 aromatic rings. The predicted octanol–water partition coefficient (Wildman–Crippen LogP) is -0.603. The number of rotatable bonds is 0. The van der Waals surface area contributed by atoms with Crippen molar-refractivity contribution < 1.29 is 0 Å². The molecule has 2 radical (unpaired) electrons. The van der Waals surface area contributed by atoms with E-state index in [1.54, 1.807) is 6.20 Å². The largest absolute Gasteiger partial charge is 0.374 e. The number of nitrogens with zero attached hydrogens (tertiary/aromatic N) is 2. The molecule has 0 bridgehead atoms. The molecule has 0 aliphatic carbocycles. The van der Waals surface area contributed by atoms with Crippen molar-refractivity contribution in [1.82, 2.24) is 9.46 Å². The first kappa shape index (κ1) is 4.24. The third-order valence-corrected chi connectivity index (χ3v) is 0.699. The zero-order chi connectivity index (χ0) is 5.28. The van der Waals surface area contributed by atoms with Gasteiger partial charge in [-0.05, 0) is 0 Å². The molecule has 1 rings (SSSR count). The molecule has 7 heavy (non-hydrogen) atoms. The molecule has 0 unspecified atom stereocenters. The Balaban J connectivity index is 3.12. The van der Waals surface area contributed by atoms with Gasteiger partial charge in [-0.25, -0.2) is 4.98 Å². The monoisotopic (exact) mass is 93.0 g/mol. The molecule has 0 aliphatic heterocycles. The molecular weight excluding hydrogens is 88.9 g/mol. The van der Waals surface area contributed by atoms with E-state index in [2.05, 4.69) is 4.98 Å². The van der Waals surface area contributed by atoms with E-state index in [0.717, 1.165) is 0 Å². The van der Waals surface area contributed by atoms with Gasteiger partial charge < -0.3 is 10.2 Å². The second-order valence-corrected chi connectivity index (χ2v) is 1.19. The van der Waals surface area contributed by atoms with Crippen molar-refractivity contribution >= 4 is 13.9 Å². The van der Waals surface area contributed by atoms with Crippen LogP contribution in [0.2, 0.25) is 0 Å². The predicted molar refractivity (Wildman–Crippen MR) is 27.8 cm³/mol. The highest BCUT2D eigenvalue weighted by molar-refractivity contribution is 6.07. The molecule has 0 atom stereocenters. The highest BCUT2D eigenvalue weighted by Gasteiger charge is 1.84. The van der Waals surface area contributed by atoms with Gasteiger partial charge in [0.05, 0.1) is 0 Å². The fourth-order valence-electron chi connectivity index (χ4n) is 0.325. The molecule has 1 heterocycles. The first-order valence-corrected chi connectivity index (χ1v) is 1.84. The standard InChI is InChI=1S/C3H4BN3/c4-7-2-1-6-3(7)5/h1-2H,(H2,5,6). The van der Waals surface area contributed by atoms with E-state index in [-0.39, 0.29) is 0 Å². The van der Waals surface area contributed by atoms with Crippen molar-refractivity contribution in [2.45, 2.75) is 0 Å². The van der Waals surface area contributed by atoms with Crippen LogP contribution >= 0.6 is 0 Å². The summed E-state index contributed by atoms with van der Waals surface area (Å²) in [7, 11) is 5.17. The summed E-state index contributed by atoms with van der Waals surface area (Å²) in [5.41, 5.74) is 5.17. The third-order valence-electron chi connectivity index (χ3n) is 0.699. The van der Waals surface area contributed by atoms with E-state index < -0.39 is 0 Å². The molecule has 0 aliphatic rings. The van der Waals surface area contributed by atoms with E-state index in [1.165, 1.54) is 10.7 Å². The van der Waals surface area contributed by atoms with Crippen LogP contribution in [0.15, 0.2) is 12.4 Å². The molecule has 0 amide bonds. The highest BCUT2D eigenvalue weighted by atomic mass is 15.1. The van der Waals surface area contributed by atoms with Crippen LogP contribution < -0.4 is 5.73 Å². The summed E-state index contributed by atoms with van der Waals surface area (Å²) >= 11 is 0. The number of nitrogens with two attached hydrogens (primary N) is 1. The number of hydrogen-bond donors (Lipinski definition) is 1. The fraction of sp³-hybridized carbons (Fsp3) is 0. The summed E-state index contributed by atoms with van der Waals surface area (Å²) < 4.78 is 1.25. The molecule has 1 aromatic heterocycles. The molecule has 34 valence electrons. The second-order valence-electron chi connectivity index (χ2n) is 1.19. The summed E-state index contributed by atoms with van der Waals surface area (Å²) in [5.74, 6) is 0.333. The SMILES string of the molecule is [B]n1ccnc1N. The minimum absolute atomic E-state index is 0.333. The Bertz CT molecular complexity index is 142. The van der Waals surface area contributed by atoms with E-state index in [4.69, 9.17) is 13.7 Å². The van der Waals surface area contributed by atoms with Crippen LogP contribution in [0.5, 0.6) is 0 Å². The quantitative estimate of drug-likeness (QED) is 0.435. The number of imidazole rings is 1. The Morgan fingerprint density at radius 2 is 2.57 bits per heavy atom. The van der Waals surface area contributed by atoms with Gasteiger partial charge in [0, 0.05) is 12.4 Å². The van der Waals surface area contributed by atoms with Crippen molar-refractivity contribution in [1.29, 1.82) is 0 Å². The van der Waals surface area contributed by atoms with Crippen molar-refractivity contribution in [2.75, 3.05) is 5.73 Å². The van der Waals surface area contributed by atoms with Gasteiger partial charge in [0.15, 0.2) is 5.95 Å². The number of hydrogen-bond acceptors (Lipinski definition) is 2. The maximum absolute atomic E-state index is 5.17. The van der Waals surface area contributed by atoms with E-state index in [1.807, 2.05) is 0 Å². The summed E-state index contributed by atoms with van der Waals surface area (Å²) in [6, 6.07) is 0. The lowest BCUT2D eigenvalue weighted by molar-refractivity contribution is 1.23. The smallest absolute Gasteiger partial charge is 0.238 e. The molecule has 0 spiro atoms. The van der Waals surface area contributed by atoms with Gasteiger partial charge in [0.1, 0.15) is 0 Å². The first-order valence-electron chi connectivity index (χ1n) is 1.84. The fourth-order valence-corrected chi connectivity index (χ4v) is 0.325. The lowest BCUT2D eigenvalue weighted by Crippen LogP contribution is -1.97. The van der Waals surface area contributed by atoms with Crippen LogP contribution in [0.4, 0.5) is 5.95 Å². The maximum atomic E-state index is 5.17. The highest BCUT2D eigenvalue weighted by Crippen LogP contribution is 1.89. The molecular formula is C3H4BN3. The summed E-state index contributed by atoms with van der Waals surface area (Å²) in [5, 5.41) is 0. The van der Waals surface area contributed by atoms with Crippen LogP contribution in [0.3, 0.4) is 0 Å². The molecule has 0 fully saturated rings. The normalized spacial score (nSPS) is 9.14. The van der Waals surface area contributed by atoms with Crippen LogP contribution in [-0.4, -0.2) is 17.4 Å². The number of aromatic nitrogens is 2. The first-order chi connectivity index (χ1) is 3.30. The summed E-state index contributed by atoms with van der Waals surface area (Å²) in [6.45, 7) is 0. The molecule has 0 aromatic carbocycles. The van der Waals surface area contributed by atoms with Gasteiger partial charge >= 0.3 is 0 Å². The van der Waals surface area contributed by atoms with Gasteiger partial charge in [-0.1, -0.05) is 0 Å². The summed E-state index contributed by atoms with van der Waals surface area (Å²) in [6.07, 6.45) is 3.12. The van der Waals surface area contributed by atoms with Gasteiger partial charge in [0.2, 0.25) is 7.98 Å². The third kappa shape index (κ3) is 0.583. The zero-order valence-corrected chi connectivity index (χ0v) is 3.70. The Morgan fingerprint density at radius 3 is 2.71 bits per heavy atom. The second kappa shape index (κ2) is 1.29. The van der Waals surface area contributed by atoms with Crippen LogP contribution in [-0.2, 0) is 0 Å². The van der Waals surface area contributed by atoms with Crippen molar-refractivity contribution in [2.24, 2.45) is 0 Å². The van der Waals surface area contributed by atoms with Gasteiger partial charge in [-0.15, -0.1) is 0 Å². The number of anilines is 1. The van der Waals surface area contributed by atoms with Gasteiger partial charge in [-0.2, -0.15) is 0 Å². The number of nitrogen functional groups attached to an aromatic ring is 1. The molecule has 2 N–H and O–H groups in total. The lowest BCUT2D eigenvalue weighted by Gasteiger charge is -1.87. The minimum Gasteiger partial charge on any atom is -0.374 e. The molecule has 3 nitrogen and oxygen atoms in total. The molecule has 0 saturated heterocycles. The Hall–Kier alpha value is -0.925. The van der Waals surface area contributed by atoms with E-state index >= 15 is 0 Å². The Morgan fingerprint density at radius 1 is 1.86 bits per heavy atom. The summed E-state index contributed by atoms with van der Waals surface area (Å²) in [4.78, 5) is 3.63. The minimum atomic E-state index is 0.333. The molecule has 0 saturated carbocycles. The Kier molecular flexibility index (Phi) is 0.783. The van der Waals surface area contributed by atoms with Crippen molar-refractivity contribution in [3.05, 3.63) is 12.4 Å². The maximum Gasteiger partial charge on any atom is 0.238 e.